The molecule has 0 radical (unpaired) electrons. The molecule has 3 saturated heterocycles. The van der Waals surface area contributed by atoms with Gasteiger partial charge >= 0.3 is 6.09 Å². The zero-order valence-corrected chi connectivity index (χ0v) is 32.8. The Balaban J connectivity index is 1.44. The van der Waals surface area contributed by atoms with E-state index in [1.165, 1.54) is 16.3 Å². The number of likely N-dealkylation sites (tertiary alicyclic amines) is 1. The van der Waals surface area contributed by atoms with Crippen LogP contribution in [0.15, 0.2) is 65.8 Å². The molecule has 3 amide bonds. The summed E-state index contributed by atoms with van der Waals surface area (Å²) in [7, 11) is -0.839. The third kappa shape index (κ3) is 6.83. The lowest BCUT2D eigenvalue weighted by atomic mass is 9.82. The van der Waals surface area contributed by atoms with Gasteiger partial charge in [-0.3, -0.25) is 14.5 Å². The average Bonchev–Trinajstić information content (AvgIpc) is 3.89. The molecule has 4 heterocycles. The van der Waals surface area contributed by atoms with Crippen molar-refractivity contribution in [3.05, 3.63) is 71.3 Å². The minimum absolute atomic E-state index is 0.0543. The monoisotopic (exact) mass is 729 g/mol. The summed E-state index contributed by atoms with van der Waals surface area (Å²) in [6.07, 6.45) is 6.95. The number of fused-ring (bicyclic) bond motifs is 2. The predicted octanol–water partition coefficient (Wildman–Crippen LogP) is 6.28. The zero-order valence-electron chi connectivity index (χ0n) is 31.8. The summed E-state index contributed by atoms with van der Waals surface area (Å²) in [4.78, 5) is 47.3. The molecule has 4 aliphatic rings. The molecule has 1 N–H and O–H groups in total. The molecule has 10 nitrogen and oxygen atoms in total. The SMILES string of the molecule is COc1ccc([Si](C)(C)[C@@H]2[C@@H](CC(=O)N3CCC[C@H]3CO)O[C@]3(C(=O)N(C/C=C(\C)CCC=C(C)C)c4ccc(N5CCOC5=O)cc43)[C@H]2C)cc1. The van der Waals surface area contributed by atoms with Crippen molar-refractivity contribution in [3.63, 3.8) is 0 Å². The number of methoxy groups -OCH3 is 1. The van der Waals surface area contributed by atoms with Crippen molar-refractivity contribution in [2.45, 2.75) is 96.2 Å². The molecule has 2 aromatic rings. The second kappa shape index (κ2) is 15.2. The van der Waals surface area contributed by atoms with Crippen LogP contribution in [0.4, 0.5) is 16.2 Å². The highest BCUT2D eigenvalue weighted by molar-refractivity contribution is 6.91. The summed E-state index contributed by atoms with van der Waals surface area (Å²) in [5.41, 5.74) is 3.13. The number of carbonyl (C=O) groups excluding carboxylic acids is 3. The van der Waals surface area contributed by atoms with Crippen molar-refractivity contribution in [3.8, 4) is 5.75 Å². The number of hydrogen-bond acceptors (Lipinski definition) is 7. The molecule has 11 heteroatoms. The van der Waals surface area contributed by atoms with E-state index in [0.717, 1.165) is 42.7 Å². The van der Waals surface area contributed by atoms with Crippen LogP contribution in [0, 0.1) is 5.92 Å². The fourth-order valence-electron chi connectivity index (χ4n) is 9.06. The third-order valence-corrected chi connectivity index (χ3v) is 16.2. The van der Waals surface area contributed by atoms with Crippen LogP contribution in [-0.4, -0.2) is 88.1 Å². The van der Waals surface area contributed by atoms with Crippen molar-refractivity contribution in [2.75, 3.05) is 49.8 Å². The van der Waals surface area contributed by atoms with Gasteiger partial charge in [0, 0.05) is 30.3 Å². The van der Waals surface area contributed by atoms with E-state index in [1.54, 1.807) is 16.9 Å². The van der Waals surface area contributed by atoms with Crippen LogP contribution in [0.3, 0.4) is 0 Å². The predicted molar refractivity (Wildman–Crippen MR) is 206 cm³/mol. The molecule has 0 aromatic heterocycles. The molecular formula is C41H55N3O7Si. The minimum atomic E-state index is -2.49. The first-order valence-electron chi connectivity index (χ1n) is 18.8. The first-order valence-corrected chi connectivity index (χ1v) is 21.8. The number of carbonyl (C=O) groups is 3. The Hall–Kier alpha value is -3.93. The van der Waals surface area contributed by atoms with Crippen LogP contribution in [0.2, 0.25) is 18.6 Å². The summed E-state index contributed by atoms with van der Waals surface area (Å²) in [5.74, 6) is 0.269. The van der Waals surface area contributed by atoms with E-state index < -0.39 is 25.9 Å². The maximum Gasteiger partial charge on any atom is 0.414 e. The average molecular weight is 730 g/mol. The Morgan fingerprint density at radius 2 is 1.83 bits per heavy atom. The van der Waals surface area contributed by atoms with Crippen molar-refractivity contribution in [2.24, 2.45) is 5.92 Å². The van der Waals surface area contributed by atoms with Gasteiger partial charge in [0.2, 0.25) is 5.91 Å². The third-order valence-electron chi connectivity index (χ3n) is 11.9. The van der Waals surface area contributed by atoms with Crippen molar-refractivity contribution < 1.29 is 33.7 Å². The molecule has 6 rings (SSSR count). The van der Waals surface area contributed by atoms with Gasteiger partial charge in [0.05, 0.1) is 52.6 Å². The summed E-state index contributed by atoms with van der Waals surface area (Å²) in [6.45, 7) is 14.6. The smallest absolute Gasteiger partial charge is 0.414 e. The molecule has 280 valence electrons. The van der Waals surface area contributed by atoms with E-state index >= 15 is 4.79 Å². The molecule has 52 heavy (non-hydrogen) atoms. The number of hydrogen-bond donors (Lipinski definition) is 1. The number of ether oxygens (including phenoxy) is 3. The van der Waals surface area contributed by atoms with Gasteiger partial charge in [0.15, 0.2) is 5.60 Å². The van der Waals surface area contributed by atoms with Crippen LogP contribution < -0.4 is 19.7 Å². The molecule has 1 spiro atoms. The van der Waals surface area contributed by atoms with Crippen molar-refractivity contribution in [1.82, 2.24) is 4.90 Å². The van der Waals surface area contributed by atoms with E-state index in [1.807, 2.05) is 35.2 Å². The number of amides is 3. The molecule has 5 atom stereocenters. The van der Waals surface area contributed by atoms with Gasteiger partial charge in [0.1, 0.15) is 12.4 Å². The van der Waals surface area contributed by atoms with E-state index in [0.29, 0.717) is 31.9 Å². The Morgan fingerprint density at radius 1 is 1.08 bits per heavy atom. The Bertz CT molecular complexity index is 1740. The lowest BCUT2D eigenvalue weighted by molar-refractivity contribution is -0.149. The van der Waals surface area contributed by atoms with Gasteiger partial charge in [-0.15, -0.1) is 0 Å². The van der Waals surface area contributed by atoms with E-state index in [2.05, 4.69) is 65.1 Å². The van der Waals surface area contributed by atoms with Gasteiger partial charge in [-0.2, -0.15) is 0 Å². The van der Waals surface area contributed by atoms with Crippen LogP contribution in [0.25, 0.3) is 0 Å². The van der Waals surface area contributed by atoms with Crippen molar-refractivity contribution >= 4 is 42.5 Å². The summed E-state index contributed by atoms with van der Waals surface area (Å²) < 4.78 is 18.0. The zero-order chi connectivity index (χ0) is 37.4. The van der Waals surface area contributed by atoms with Gasteiger partial charge in [-0.25, -0.2) is 4.79 Å². The highest BCUT2D eigenvalue weighted by Crippen LogP contribution is 2.60. The molecular weight excluding hydrogens is 675 g/mol. The maximum atomic E-state index is 15.2. The summed E-state index contributed by atoms with van der Waals surface area (Å²) in [6, 6.07) is 13.7. The highest BCUT2D eigenvalue weighted by atomic mass is 28.3. The number of aliphatic hydroxyl groups excluding tert-OH is 1. The van der Waals surface area contributed by atoms with E-state index in [9.17, 15) is 14.7 Å². The molecule has 4 aliphatic heterocycles. The number of cyclic esters (lactones) is 1. The topological polar surface area (TPSA) is 109 Å². The van der Waals surface area contributed by atoms with Gasteiger partial charge < -0.3 is 29.1 Å². The summed E-state index contributed by atoms with van der Waals surface area (Å²) in [5, 5.41) is 11.3. The van der Waals surface area contributed by atoms with Crippen LogP contribution >= 0.6 is 0 Å². The number of allylic oxidation sites excluding steroid dienone is 3. The van der Waals surface area contributed by atoms with Crippen molar-refractivity contribution in [1.29, 1.82) is 0 Å². The molecule has 0 aliphatic carbocycles. The van der Waals surface area contributed by atoms with E-state index in [4.69, 9.17) is 14.2 Å². The number of anilines is 2. The number of benzene rings is 2. The molecule has 2 aromatic carbocycles. The highest BCUT2D eigenvalue weighted by Gasteiger charge is 2.66. The first kappa shape index (κ1) is 37.8. The second-order valence-corrected chi connectivity index (χ2v) is 20.4. The minimum Gasteiger partial charge on any atom is -0.497 e. The lowest BCUT2D eigenvalue weighted by Gasteiger charge is -2.37. The molecule has 3 fully saturated rings. The normalized spacial score (nSPS) is 26.0. The first-order chi connectivity index (χ1) is 24.8. The Morgan fingerprint density at radius 3 is 2.48 bits per heavy atom. The molecule has 0 bridgehead atoms. The van der Waals surface area contributed by atoms with Gasteiger partial charge in [-0.05, 0) is 82.3 Å². The van der Waals surface area contributed by atoms with Gasteiger partial charge in [-0.1, -0.05) is 60.6 Å². The second-order valence-electron chi connectivity index (χ2n) is 15.7. The lowest BCUT2D eigenvalue weighted by Crippen LogP contribution is -2.52. The fraction of sp³-hybridized carbons (Fsp3) is 0.537. The Kier molecular flexibility index (Phi) is 11.1. The van der Waals surface area contributed by atoms with Gasteiger partial charge in [0.25, 0.3) is 5.91 Å². The van der Waals surface area contributed by atoms with Crippen LogP contribution in [0.5, 0.6) is 5.75 Å². The number of nitrogens with zero attached hydrogens (tertiary/aromatic N) is 3. The molecule has 0 unspecified atom stereocenters. The molecule has 0 saturated carbocycles. The largest absolute Gasteiger partial charge is 0.497 e. The maximum absolute atomic E-state index is 15.2. The number of aliphatic hydroxyl groups is 1. The van der Waals surface area contributed by atoms with Crippen LogP contribution in [-0.2, 0) is 24.7 Å². The fourth-order valence-corrected chi connectivity index (χ4v) is 13.1. The summed E-state index contributed by atoms with van der Waals surface area (Å²) >= 11 is 0. The quantitative estimate of drug-likeness (QED) is 0.202. The Labute approximate surface area is 309 Å². The van der Waals surface area contributed by atoms with E-state index in [-0.39, 0.29) is 42.3 Å². The number of rotatable bonds is 12. The standard InChI is InChI=1S/C41H55N3O7Si/c1-27(2)10-8-11-28(3)19-21-44-35-18-13-30(43-22-23-50-40(43)48)24-34(35)41(39(44)47)29(4)38(52(6,7)33-16-14-32(49-5)15-17-33)36(51-41)25-37(46)42-20-9-12-31(42)26-45/h10,13-19,24,29,31,36,38,45H,8-9,11-12,20-23,25-26H2,1-7H3/b28-19+/t29-,31-,36+,38-,41+/m0/s1. The van der Waals surface area contributed by atoms with Crippen LogP contribution in [0.1, 0.15) is 65.4 Å².